The van der Waals surface area contributed by atoms with Crippen molar-refractivity contribution in [3.05, 3.63) is 194 Å². The van der Waals surface area contributed by atoms with Gasteiger partial charge in [-0.15, -0.1) is 0 Å². The number of hydrogen-bond acceptors (Lipinski definition) is 3. The first kappa shape index (κ1) is 31.2. The molecule has 3 nitrogen and oxygen atoms in total. The number of fused-ring (bicyclic) bond motifs is 6. The van der Waals surface area contributed by atoms with E-state index in [4.69, 9.17) is 14.4 Å². The van der Waals surface area contributed by atoms with E-state index in [0.29, 0.717) is 5.82 Å². The number of aromatic nitrogens is 2. The van der Waals surface area contributed by atoms with Crippen LogP contribution < -0.4 is 0 Å². The molecular weight excluding hydrogens is 669 g/mol. The van der Waals surface area contributed by atoms with Crippen molar-refractivity contribution in [2.45, 2.75) is 0 Å². The van der Waals surface area contributed by atoms with Crippen molar-refractivity contribution in [1.82, 2.24) is 9.97 Å². The molecule has 0 radical (unpaired) electrons. The summed E-state index contributed by atoms with van der Waals surface area (Å²) in [6.45, 7) is 0. The van der Waals surface area contributed by atoms with Crippen LogP contribution in [-0.4, -0.2) is 9.97 Å². The van der Waals surface area contributed by atoms with Gasteiger partial charge in [-0.3, -0.25) is 0 Å². The van der Waals surface area contributed by atoms with Gasteiger partial charge in [-0.1, -0.05) is 158 Å². The first-order valence-corrected chi connectivity index (χ1v) is 18.6. The van der Waals surface area contributed by atoms with Crippen LogP contribution in [0, 0.1) is 0 Å². The Bertz CT molecular complexity index is 3230. The fourth-order valence-corrected chi connectivity index (χ4v) is 7.99. The molecule has 0 spiro atoms. The highest BCUT2D eigenvalue weighted by Crippen LogP contribution is 2.42. The second-order valence-corrected chi connectivity index (χ2v) is 14.2. The summed E-state index contributed by atoms with van der Waals surface area (Å²) in [6.07, 6.45) is 0. The summed E-state index contributed by atoms with van der Waals surface area (Å²) in [4.78, 5) is 10.5. The molecule has 0 amide bonds. The van der Waals surface area contributed by atoms with Gasteiger partial charge in [0.25, 0.3) is 0 Å². The van der Waals surface area contributed by atoms with Crippen LogP contribution in [0.4, 0.5) is 0 Å². The molecule has 3 heteroatoms. The Hall–Kier alpha value is -7.36. The molecule has 0 saturated carbocycles. The molecule has 2 heterocycles. The van der Waals surface area contributed by atoms with Crippen molar-refractivity contribution in [1.29, 1.82) is 0 Å². The SMILES string of the molecule is c1ccc(-c2ccc(-c3cc(-c4nc(-c5ccc(-c6ccc7ccccc7c6)cc5)nc5ccccc45)cc4c3oc3cc5ccccc5cc34)cc2)cc1. The third-order valence-corrected chi connectivity index (χ3v) is 10.8. The molecule has 0 bridgehead atoms. The van der Waals surface area contributed by atoms with Crippen LogP contribution in [0.2, 0.25) is 0 Å². The fourth-order valence-electron chi connectivity index (χ4n) is 7.99. The van der Waals surface area contributed by atoms with Gasteiger partial charge in [-0.25, -0.2) is 9.97 Å². The van der Waals surface area contributed by atoms with Crippen LogP contribution in [0.3, 0.4) is 0 Å². The Morgan fingerprint density at radius 1 is 0.327 bits per heavy atom. The number of para-hydroxylation sites is 1. The maximum Gasteiger partial charge on any atom is 0.160 e. The zero-order valence-electron chi connectivity index (χ0n) is 29.8. The summed E-state index contributed by atoms with van der Waals surface area (Å²) in [5.74, 6) is 0.690. The summed E-state index contributed by atoms with van der Waals surface area (Å²) in [6, 6.07) is 68.7. The van der Waals surface area contributed by atoms with Crippen molar-refractivity contribution in [3.63, 3.8) is 0 Å². The topological polar surface area (TPSA) is 38.9 Å². The highest BCUT2D eigenvalue weighted by molar-refractivity contribution is 6.15. The second kappa shape index (κ2) is 12.6. The van der Waals surface area contributed by atoms with Gasteiger partial charge in [0.05, 0.1) is 11.2 Å². The van der Waals surface area contributed by atoms with Crippen LogP contribution in [-0.2, 0) is 0 Å². The number of furan rings is 1. The number of nitrogens with zero attached hydrogens (tertiary/aromatic N) is 2. The Balaban J connectivity index is 1.09. The van der Waals surface area contributed by atoms with Crippen LogP contribution in [0.15, 0.2) is 199 Å². The van der Waals surface area contributed by atoms with Crippen LogP contribution in [0.1, 0.15) is 0 Å². The number of hydrogen-bond donors (Lipinski definition) is 0. The summed E-state index contributed by atoms with van der Waals surface area (Å²) in [5.41, 5.74) is 12.3. The maximum atomic E-state index is 6.77. The van der Waals surface area contributed by atoms with Gasteiger partial charge in [0, 0.05) is 32.8 Å². The third kappa shape index (κ3) is 5.45. The third-order valence-electron chi connectivity index (χ3n) is 10.8. The maximum absolute atomic E-state index is 6.77. The van der Waals surface area contributed by atoms with Crippen LogP contribution >= 0.6 is 0 Å². The van der Waals surface area contributed by atoms with Gasteiger partial charge in [-0.05, 0) is 85.8 Å². The molecule has 0 unspecified atom stereocenters. The molecule has 2 aromatic heterocycles. The van der Waals surface area contributed by atoms with E-state index in [0.717, 1.165) is 71.7 Å². The first-order valence-electron chi connectivity index (χ1n) is 18.6. The van der Waals surface area contributed by atoms with E-state index in [1.54, 1.807) is 0 Å². The lowest BCUT2D eigenvalue weighted by Crippen LogP contribution is -1.96. The molecule has 0 N–H and O–H groups in total. The molecule has 11 rings (SSSR count). The molecule has 0 atom stereocenters. The zero-order chi connectivity index (χ0) is 36.3. The lowest BCUT2D eigenvalue weighted by molar-refractivity contribution is 0.670. The van der Waals surface area contributed by atoms with Crippen molar-refractivity contribution >= 4 is 54.4 Å². The van der Waals surface area contributed by atoms with Crippen molar-refractivity contribution in [2.24, 2.45) is 0 Å². The quantitative estimate of drug-likeness (QED) is 0.179. The van der Waals surface area contributed by atoms with Gasteiger partial charge in [0.1, 0.15) is 11.2 Å². The molecule has 9 aromatic carbocycles. The van der Waals surface area contributed by atoms with E-state index in [1.807, 2.05) is 6.07 Å². The Morgan fingerprint density at radius 3 is 1.69 bits per heavy atom. The predicted molar refractivity (Wildman–Crippen MR) is 229 cm³/mol. The van der Waals surface area contributed by atoms with Gasteiger partial charge in [-0.2, -0.15) is 0 Å². The van der Waals surface area contributed by atoms with Crippen molar-refractivity contribution in [2.75, 3.05) is 0 Å². The largest absolute Gasteiger partial charge is 0.455 e. The normalized spacial score (nSPS) is 11.6. The minimum atomic E-state index is 0.690. The molecule has 256 valence electrons. The second-order valence-electron chi connectivity index (χ2n) is 14.2. The van der Waals surface area contributed by atoms with Gasteiger partial charge in [0.2, 0.25) is 0 Å². The highest BCUT2D eigenvalue weighted by atomic mass is 16.3. The molecule has 0 aliphatic heterocycles. The van der Waals surface area contributed by atoms with Crippen LogP contribution in [0.5, 0.6) is 0 Å². The molecule has 0 aliphatic rings. The molecule has 55 heavy (non-hydrogen) atoms. The van der Waals surface area contributed by atoms with E-state index in [1.165, 1.54) is 32.8 Å². The van der Waals surface area contributed by atoms with Crippen molar-refractivity contribution < 1.29 is 4.42 Å². The van der Waals surface area contributed by atoms with E-state index in [2.05, 4.69) is 188 Å². The van der Waals surface area contributed by atoms with Crippen molar-refractivity contribution in [3.8, 4) is 56.0 Å². The summed E-state index contributed by atoms with van der Waals surface area (Å²) >= 11 is 0. The average molecular weight is 701 g/mol. The Kier molecular flexibility index (Phi) is 7.17. The first-order chi connectivity index (χ1) is 27.2. The highest BCUT2D eigenvalue weighted by Gasteiger charge is 2.19. The van der Waals surface area contributed by atoms with Crippen LogP contribution in [0.25, 0.3) is 110 Å². The van der Waals surface area contributed by atoms with E-state index < -0.39 is 0 Å². The zero-order valence-corrected chi connectivity index (χ0v) is 29.8. The molecule has 0 fully saturated rings. The fraction of sp³-hybridized carbons (Fsp3) is 0. The van der Waals surface area contributed by atoms with E-state index in [9.17, 15) is 0 Å². The monoisotopic (exact) mass is 700 g/mol. The molecule has 0 saturated heterocycles. The van der Waals surface area contributed by atoms with Gasteiger partial charge < -0.3 is 4.42 Å². The summed E-state index contributed by atoms with van der Waals surface area (Å²) in [7, 11) is 0. The average Bonchev–Trinajstić information content (AvgIpc) is 3.62. The summed E-state index contributed by atoms with van der Waals surface area (Å²) in [5, 5.41) is 7.95. The standard InChI is InChI=1S/C52H32N2O/c1-2-10-33(11-3-1)35-18-23-37(24-19-35)45-30-43(31-47-46-29-40-14-6-7-15-41(40)32-49(46)55-51(45)47)50-44-16-8-9-17-48(44)53-52(54-50)38-25-20-36(21-26-38)42-27-22-34-12-4-5-13-39(34)28-42/h1-32H. The van der Waals surface area contributed by atoms with Gasteiger partial charge in [0.15, 0.2) is 5.82 Å². The minimum Gasteiger partial charge on any atom is -0.455 e. The lowest BCUT2D eigenvalue weighted by Gasteiger charge is -2.12. The number of benzene rings is 9. The predicted octanol–water partition coefficient (Wildman–Crippen LogP) is 14.2. The number of rotatable bonds is 5. The summed E-state index contributed by atoms with van der Waals surface area (Å²) < 4.78 is 6.77. The smallest absolute Gasteiger partial charge is 0.160 e. The Labute approximate surface area is 317 Å². The molecular formula is C52H32N2O. The molecule has 11 aromatic rings. The molecule has 0 aliphatic carbocycles. The Morgan fingerprint density at radius 2 is 0.909 bits per heavy atom. The van der Waals surface area contributed by atoms with E-state index in [-0.39, 0.29) is 0 Å². The minimum absolute atomic E-state index is 0.690. The lowest BCUT2D eigenvalue weighted by atomic mass is 9.94. The van der Waals surface area contributed by atoms with Gasteiger partial charge >= 0.3 is 0 Å². The van der Waals surface area contributed by atoms with E-state index >= 15 is 0 Å².